The quantitative estimate of drug-likeness (QED) is 0.612. The number of anilines is 1. The molecule has 130 valence electrons. The SMILES string of the molecule is N#Cc1c(N)nc2c(c1-c1cc3n(n1)CCCNC3)CCc1[nH]ncc1-2. The molecule has 5 rings (SSSR count). The fourth-order valence-electron chi connectivity index (χ4n) is 3.94. The van der Waals surface area contributed by atoms with Crippen molar-refractivity contribution in [3.63, 3.8) is 0 Å². The number of nitrogens with zero attached hydrogens (tertiary/aromatic N) is 5. The van der Waals surface area contributed by atoms with Crippen LogP contribution in [0.4, 0.5) is 5.82 Å². The largest absolute Gasteiger partial charge is 0.383 e. The lowest BCUT2D eigenvalue weighted by atomic mass is 9.87. The number of aromatic nitrogens is 5. The molecule has 0 aromatic carbocycles. The van der Waals surface area contributed by atoms with E-state index < -0.39 is 0 Å². The van der Waals surface area contributed by atoms with Crippen molar-refractivity contribution in [2.45, 2.75) is 32.4 Å². The van der Waals surface area contributed by atoms with E-state index in [1.807, 2.05) is 4.68 Å². The lowest BCUT2D eigenvalue weighted by Crippen LogP contribution is -2.12. The van der Waals surface area contributed by atoms with Crippen molar-refractivity contribution in [2.24, 2.45) is 0 Å². The first-order valence-corrected chi connectivity index (χ1v) is 8.79. The molecule has 0 spiro atoms. The van der Waals surface area contributed by atoms with E-state index in [0.29, 0.717) is 5.56 Å². The van der Waals surface area contributed by atoms with Gasteiger partial charge in [0.15, 0.2) is 0 Å². The molecule has 4 heterocycles. The number of nitrogen functional groups attached to an aromatic ring is 1. The Labute approximate surface area is 150 Å². The van der Waals surface area contributed by atoms with Gasteiger partial charge in [-0.25, -0.2) is 4.98 Å². The van der Waals surface area contributed by atoms with Gasteiger partial charge in [0.25, 0.3) is 0 Å². The molecule has 0 unspecified atom stereocenters. The molecule has 0 atom stereocenters. The number of hydrogen-bond donors (Lipinski definition) is 3. The number of rotatable bonds is 1. The fraction of sp³-hybridized carbons (Fsp3) is 0.333. The topological polar surface area (TPSA) is 121 Å². The molecule has 4 N–H and O–H groups in total. The normalized spacial score (nSPS) is 15.5. The van der Waals surface area contributed by atoms with Crippen LogP contribution in [-0.4, -0.2) is 31.5 Å². The van der Waals surface area contributed by atoms with Crippen LogP contribution in [0.5, 0.6) is 0 Å². The Bertz CT molecular complexity index is 1030. The maximum absolute atomic E-state index is 9.73. The van der Waals surface area contributed by atoms with Gasteiger partial charge in [0.05, 0.1) is 23.3 Å². The van der Waals surface area contributed by atoms with E-state index >= 15 is 0 Å². The second kappa shape index (κ2) is 5.68. The number of H-pyrrole nitrogens is 1. The van der Waals surface area contributed by atoms with Crippen molar-refractivity contribution < 1.29 is 0 Å². The van der Waals surface area contributed by atoms with Gasteiger partial charge in [-0.05, 0) is 37.4 Å². The van der Waals surface area contributed by atoms with Gasteiger partial charge in [-0.1, -0.05) is 0 Å². The second-order valence-electron chi connectivity index (χ2n) is 6.72. The fourth-order valence-corrected chi connectivity index (χ4v) is 3.94. The van der Waals surface area contributed by atoms with E-state index in [9.17, 15) is 5.26 Å². The molecule has 0 saturated carbocycles. The van der Waals surface area contributed by atoms with Gasteiger partial charge in [0, 0.05) is 29.9 Å². The zero-order valence-electron chi connectivity index (χ0n) is 14.2. The van der Waals surface area contributed by atoms with Crippen LogP contribution in [0.3, 0.4) is 0 Å². The first kappa shape index (κ1) is 15.1. The van der Waals surface area contributed by atoms with Crippen LogP contribution >= 0.6 is 0 Å². The molecule has 0 amide bonds. The van der Waals surface area contributed by atoms with Gasteiger partial charge >= 0.3 is 0 Å². The number of nitrogens with one attached hydrogen (secondary N) is 2. The van der Waals surface area contributed by atoms with E-state index in [-0.39, 0.29) is 5.82 Å². The third kappa shape index (κ3) is 2.14. The molecule has 3 aromatic heterocycles. The number of hydrogen-bond acceptors (Lipinski definition) is 6. The summed E-state index contributed by atoms with van der Waals surface area (Å²) < 4.78 is 2.03. The minimum absolute atomic E-state index is 0.247. The summed E-state index contributed by atoms with van der Waals surface area (Å²) in [6.45, 7) is 2.64. The number of pyridine rings is 1. The molecule has 0 fully saturated rings. The van der Waals surface area contributed by atoms with Gasteiger partial charge in [-0.2, -0.15) is 15.5 Å². The van der Waals surface area contributed by atoms with Crippen molar-refractivity contribution in [3.8, 4) is 28.6 Å². The van der Waals surface area contributed by atoms with Crippen molar-refractivity contribution in [1.29, 1.82) is 5.26 Å². The van der Waals surface area contributed by atoms with Gasteiger partial charge in [0.1, 0.15) is 17.5 Å². The monoisotopic (exact) mass is 346 g/mol. The molecule has 0 radical (unpaired) electrons. The van der Waals surface area contributed by atoms with Gasteiger partial charge in [-0.3, -0.25) is 9.78 Å². The molecule has 0 bridgehead atoms. The van der Waals surface area contributed by atoms with E-state index in [1.54, 1.807) is 6.20 Å². The Morgan fingerprint density at radius 3 is 3.12 bits per heavy atom. The summed E-state index contributed by atoms with van der Waals surface area (Å²) in [5, 5.41) is 25.1. The van der Waals surface area contributed by atoms with E-state index in [2.05, 4.69) is 32.6 Å². The van der Waals surface area contributed by atoms with E-state index in [1.165, 1.54) is 0 Å². The first-order valence-electron chi connectivity index (χ1n) is 8.79. The molecule has 8 heteroatoms. The minimum Gasteiger partial charge on any atom is -0.383 e. The van der Waals surface area contributed by atoms with Crippen molar-refractivity contribution in [2.75, 3.05) is 12.3 Å². The Morgan fingerprint density at radius 1 is 1.31 bits per heavy atom. The number of fused-ring (bicyclic) bond motifs is 4. The third-order valence-corrected chi connectivity index (χ3v) is 5.19. The summed E-state index contributed by atoms with van der Waals surface area (Å²) in [5.41, 5.74) is 13.2. The van der Waals surface area contributed by atoms with Crippen molar-refractivity contribution in [3.05, 3.63) is 34.8 Å². The highest BCUT2D eigenvalue weighted by Gasteiger charge is 2.28. The van der Waals surface area contributed by atoms with Crippen LogP contribution in [0.1, 0.15) is 28.9 Å². The van der Waals surface area contributed by atoms with Gasteiger partial charge < -0.3 is 11.1 Å². The third-order valence-electron chi connectivity index (χ3n) is 5.19. The zero-order valence-corrected chi connectivity index (χ0v) is 14.2. The highest BCUT2D eigenvalue weighted by molar-refractivity contribution is 5.84. The number of nitrogens with two attached hydrogens (primary N) is 1. The Hall–Kier alpha value is -3.18. The van der Waals surface area contributed by atoms with Crippen LogP contribution in [0, 0.1) is 11.3 Å². The molecule has 1 aliphatic carbocycles. The molecule has 1 aliphatic heterocycles. The molecule has 26 heavy (non-hydrogen) atoms. The molecule has 8 nitrogen and oxygen atoms in total. The van der Waals surface area contributed by atoms with Crippen LogP contribution in [0.25, 0.3) is 22.5 Å². The molecule has 3 aromatic rings. The highest BCUT2D eigenvalue weighted by atomic mass is 15.3. The lowest BCUT2D eigenvalue weighted by molar-refractivity contribution is 0.589. The number of aromatic amines is 1. The number of nitriles is 1. The van der Waals surface area contributed by atoms with E-state index in [4.69, 9.17) is 10.8 Å². The maximum Gasteiger partial charge on any atom is 0.142 e. The molecule has 0 saturated heterocycles. The lowest BCUT2D eigenvalue weighted by Gasteiger charge is -2.19. The number of aryl methyl sites for hydroxylation is 2. The maximum atomic E-state index is 9.73. The molecular formula is C18H18N8. The average Bonchev–Trinajstić information content (AvgIpc) is 3.22. The Kier molecular flexibility index (Phi) is 3.30. The molecule has 2 aliphatic rings. The van der Waals surface area contributed by atoms with Crippen LogP contribution in [0.15, 0.2) is 12.3 Å². The summed E-state index contributed by atoms with van der Waals surface area (Å²) >= 11 is 0. The zero-order chi connectivity index (χ0) is 17.7. The smallest absolute Gasteiger partial charge is 0.142 e. The summed E-state index contributed by atoms with van der Waals surface area (Å²) in [4.78, 5) is 4.53. The van der Waals surface area contributed by atoms with E-state index in [0.717, 1.165) is 78.4 Å². The highest BCUT2D eigenvalue weighted by Crippen LogP contribution is 2.40. The van der Waals surface area contributed by atoms with Crippen LogP contribution in [-0.2, 0) is 25.9 Å². The minimum atomic E-state index is 0.247. The predicted molar refractivity (Wildman–Crippen MR) is 95.9 cm³/mol. The van der Waals surface area contributed by atoms with Crippen molar-refractivity contribution >= 4 is 5.82 Å². The Morgan fingerprint density at radius 2 is 2.23 bits per heavy atom. The summed E-state index contributed by atoms with van der Waals surface area (Å²) in [6, 6.07) is 4.32. The first-order chi connectivity index (χ1) is 12.8. The average molecular weight is 346 g/mol. The standard InChI is InChI=1S/C18H18N8/c19-7-12-16(15-6-10-8-21-4-1-5-26(10)25-15)11-2-3-14-13(9-22-24-14)17(11)23-18(12)20/h6,9,21H,1-5,8H2,(H2,20,23)(H,22,24). The van der Waals surface area contributed by atoms with Gasteiger partial charge in [-0.15, -0.1) is 0 Å². The van der Waals surface area contributed by atoms with Crippen LogP contribution < -0.4 is 11.1 Å². The van der Waals surface area contributed by atoms with Crippen LogP contribution in [0.2, 0.25) is 0 Å². The predicted octanol–water partition coefficient (Wildman–Crippen LogP) is 1.38. The Balaban J connectivity index is 1.76. The van der Waals surface area contributed by atoms with Crippen molar-refractivity contribution in [1.82, 2.24) is 30.3 Å². The summed E-state index contributed by atoms with van der Waals surface area (Å²) in [6.07, 6.45) is 4.43. The molecular weight excluding hydrogens is 328 g/mol. The summed E-state index contributed by atoms with van der Waals surface area (Å²) in [5.74, 6) is 0.247. The second-order valence-corrected chi connectivity index (χ2v) is 6.72. The van der Waals surface area contributed by atoms with Gasteiger partial charge in [0.2, 0.25) is 0 Å². The summed E-state index contributed by atoms with van der Waals surface area (Å²) in [7, 11) is 0.